The standard InChI is InChI=1S/C23H24N6O2/c1-15-8-9-17-18(12-15)26-20(25-17)13-24-21(30)14-29-19-7-3-2-6-16(19)22(27-29)23(31)28-10-4-5-11-28/h2-3,6-9,12H,4-5,10-11,13-14H2,1H3,(H,24,30)(H,25,26). The molecule has 2 aromatic heterocycles. The van der Waals surface area contributed by atoms with Crippen LogP contribution in [0.1, 0.15) is 34.7 Å². The van der Waals surface area contributed by atoms with Crippen LogP contribution in [0.2, 0.25) is 0 Å². The third-order valence-corrected chi connectivity index (χ3v) is 5.69. The number of hydrogen-bond donors (Lipinski definition) is 2. The third-order valence-electron chi connectivity index (χ3n) is 5.69. The molecule has 0 atom stereocenters. The molecular weight excluding hydrogens is 392 g/mol. The van der Waals surface area contributed by atoms with Crippen LogP contribution in [0.25, 0.3) is 21.9 Å². The van der Waals surface area contributed by atoms with Gasteiger partial charge in [-0.25, -0.2) is 4.98 Å². The number of aryl methyl sites for hydroxylation is 1. The lowest BCUT2D eigenvalue weighted by Crippen LogP contribution is -2.29. The van der Waals surface area contributed by atoms with Crippen molar-refractivity contribution in [3.63, 3.8) is 0 Å². The van der Waals surface area contributed by atoms with Crippen LogP contribution in [0.15, 0.2) is 42.5 Å². The molecule has 1 aliphatic rings. The molecule has 31 heavy (non-hydrogen) atoms. The molecule has 0 aliphatic carbocycles. The van der Waals surface area contributed by atoms with Crippen LogP contribution < -0.4 is 5.32 Å². The molecule has 2 aromatic carbocycles. The Balaban J connectivity index is 1.32. The first kappa shape index (κ1) is 19.3. The van der Waals surface area contributed by atoms with Gasteiger partial charge in [0.15, 0.2) is 5.69 Å². The number of imidazole rings is 1. The first-order valence-corrected chi connectivity index (χ1v) is 10.6. The lowest BCUT2D eigenvalue weighted by Gasteiger charge is -2.13. The van der Waals surface area contributed by atoms with Gasteiger partial charge in [0.25, 0.3) is 5.91 Å². The molecule has 1 aliphatic heterocycles. The molecule has 0 unspecified atom stereocenters. The summed E-state index contributed by atoms with van der Waals surface area (Å²) in [7, 11) is 0. The van der Waals surface area contributed by atoms with Crippen LogP contribution in [0.4, 0.5) is 0 Å². The normalized spacial score (nSPS) is 13.9. The van der Waals surface area contributed by atoms with E-state index >= 15 is 0 Å². The van der Waals surface area contributed by atoms with Gasteiger partial charge in [-0.1, -0.05) is 24.3 Å². The first-order chi connectivity index (χ1) is 15.1. The van der Waals surface area contributed by atoms with E-state index in [9.17, 15) is 9.59 Å². The van der Waals surface area contributed by atoms with E-state index in [1.807, 2.05) is 54.3 Å². The molecule has 8 heteroatoms. The van der Waals surface area contributed by atoms with Crippen molar-refractivity contribution in [2.24, 2.45) is 0 Å². The van der Waals surface area contributed by atoms with E-state index in [2.05, 4.69) is 20.4 Å². The fourth-order valence-electron chi connectivity index (χ4n) is 4.11. The van der Waals surface area contributed by atoms with Crippen LogP contribution >= 0.6 is 0 Å². The number of carbonyl (C=O) groups is 2. The van der Waals surface area contributed by atoms with Crippen molar-refractivity contribution in [3.8, 4) is 0 Å². The number of aromatic nitrogens is 4. The van der Waals surface area contributed by atoms with Crippen LogP contribution in [-0.2, 0) is 17.9 Å². The van der Waals surface area contributed by atoms with Gasteiger partial charge in [-0.2, -0.15) is 5.10 Å². The molecule has 1 fully saturated rings. The molecule has 0 radical (unpaired) electrons. The number of aromatic amines is 1. The first-order valence-electron chi connectivity index (χ1n) is 10.6. The second kappa shape index (κ2) is 7.86. The molecule has 2 amide bonds. The zero-order valence-corrected chi connectivity index (χ0v) is 17.4. The van der Waals surface area contributed by atoms with E-state index in [1.54, 1.807) is 4.68 Å². The van der Waals surface area contributed by atoms with E-state index in [-0.39, 0.29) is 18.4 Å². The number of H-pyrrole nitrogens is 1. The van der Waals surface area contributed by atoms with Crippen molar-refractivity contribution in [2.45, 2.75) is 32.9 Å². The van der Waals surface area contributed by atoms with E-state index < -0.39 is 0 Å². The molecule has 5 rings (SSSR count). The Morgan fingerprint density at radius 1 is 1.13 bits per heavy atom. The fraction of sp³-hybridized carbons (Fsp3) is 0.304. The molecule has 0 spiro atoms. The van der Waals surface area contributed by atoms with Crippen molar-refractivity contribution in [1.29, 1.82) is 0 Å². The number of likely N-dealkylation sites (tertiary alicyclic amines) is 1. The monoisotopic (exact) mass is 416 g/mol. The zero-order valence-electron chi connectivity index (χ0n) is 17.4. The van der Waals surface area contributed by atoms with E-state index in [0.29, 0.717) is 18.1 Å². The Hall–Kier alpha value is -3.68. The van der Waals surface area contributed by atoms with Crippen molar-refractivity contribution in [3.05, 3.63) is 59.5 Å². The average molecular weight is 416 g/mol. The number of nitrogens with one attached hydrogen (secondary N) is 2. The summed E-state index contributed by atoms with van der Waals surface area (Å²) in [4.78, 5) is 35.1. The number of rotatable bonds is 5. The molecule has 8 nitrogen and oxygen atoms in total. The Labute approximate surface area is 179 Å². The second-order valence-corrected chi connectivity index (χ2v) is 8.00. The minimum atomic E-state index is -0.190. The summed E-state index contributed by atoms with van der Waals surface area (Å²) in [6.07, 6.45) is 2.04. The smallest absolute Gasteiger partial charge is 0.275 e. The minimum absolute atomic E-state index is 0.0349. The summed E-state index contributed by atoms with van der Waals surface area (Å²) >= 11 is 0. The number of fused-ring (bicyclic) bond motifs is 2. The van der Waals surface area contributed by atoms with Crippen molar-refractivity contribution >= 4 is 33.8 Å². The van der Waals surface area contributed by atoms with Crippen LogP contribution in [-0.4, -0.2) is 49.6 Å². The van der Waals surface area contributed by atoms with E-state index in [4.69, 9.17) is 0 Å². The second-order valence-electron chi connectivity index (χ2n) is 8.00. The highest BCUT2D eigenvalue weighted by Crippen LogP contribution is 2.21. The summed E-state index contributed by atoms with van der Waals surface area (Å²) in [5.41, 5.74) is 4.17. The van der Waals surface area contributed by atoms with Crippen LogP contribution in [0.5, 0.6) is 0 Å². The fourth-order valence-corrected chi connectivity index (χ4v) is 4.11. The van der Waals surface area contributed by atoms with Crippen molar-refractivity contribution < 1.29 is 9.59 Å². The number of amides is 2. The molecular formula is C23H24N6O2. The van der Waals surface area contributed by atoms with Gasteiger partial charge in [-0.3, -0.25) is 14.3 Å². The number of para-hydroxylation sites is 1. The van der Waals surface area contributed by atoms with Crippen LogP contribution in [0.3, 0.4) is 0 Å². The summed E-state index contributed by atoms with van der Waals surface area (Å²) in [5, 5.41) is 8.18. The van der Waals surface area contributed by atoms with Crippen LogP contribution in [0, 0.1) is 6.92 Å². The quantitative estimate of drug-likeness (QED) is 0.523. The maximum Gasteiger partial charge on any atom is 0.275 e. The SMILES string of the molecule is Cc1ccc2nc(CNC(=O)Cn3nc(C(=O)N4CCCC4)c4ccccc43)[nH]c2c1. The van der Waals surface area contributed by atoms with Gasteiger partial charge in [0.2, 0.25) is 5.91 Å². The highest BCUT2D eigenvalue weighted by atomic mass is 16.2. The summed E-state index contributed by atoms with van der Waals surface area (Å²) < 4.78 is 1.61. The van der Waals surface area contributed by atoms with Gasteiger partial charge in [-0.05, 0) is 43.5 Å². The van der Waals surface area contributed by atoms with E-state index in [1.165, 1.54) is 0 Å². The van der Waals surface area contributed by atoms with Gasteiger partial charge in [-0.15, -0.1) is 0 Å². The number of hydrogen-bond acceptors (Lipinski definition) is 4. The highest BCUT2D eigenvalue weighted by Gasteiger charge is 2.25. The lowest BCUT2D eigenvalue weighted by atomic mass is 10.2. The average Bonchev–Trinajstić information content (AvgIpc) is 3.51. The zero-order chi connectivity index (χ0) is 21.4. The molecule has 3 heterocycles. The topological polar surface area (TPSA) is 95.9 Å². The summed E-state index contributed by atoms with van der Waals surface area (Å²) in [6, 6.07) is 13.5. The molecule has 2 N–H and O–H groups in total. The summed E-state index contributed by atoms with van der Waals surface area (Å²) in [6.45, 7) is 3.88. The maximum atomic E-state index is 12.9. The Kier molecular flexibility index (Phi) is 4.89. The highest BCUT2D eigenvalue weighted by molar-refractivity contribution is 6.05. The molecule has 0 bridgehead atoms. The predicted octanol–water partition coefficient (Wildman–Crippen LogP) is 2.77. The van der Waals surface area contributed by atoms with Gasteiger partial charge in [0, 0.05) is 18.5 Å². The maximum absolute atomic E-state index is 12.9. The Morgan fingerprint density at radius 3 is 2.77 bits per heavy atom. The van der Waals surface area contributed by atoms with Crippen molar-refractivity contribution in [1.82, 2.24) is 30.0 Å². The van der Waals surface area contributed by atoms with Gasteiger partial charge in [0.05, 0.1) is 23.1 Å². The molecule has 4 aromatic rings. The third kappa shape index (κ3) is 3.76. The molecule has 158 valence electrons. The number of benzene rings is 2. The van der Waals surface area contributed by atoms with Gasteiger partial charge < -0.3 is 15.2 Å². The van der Waals surface area contributed by atoms with Gasteiger partial charge in [0.1, 0.15) is 12.4 Å². The van der Waals surface area contributed by atoms with E-state index in [0.717, 1.165) is 53.4 Å². The molecule has 0 saturated carbocycles. The van der Waals surface area contributed by atoms with Gasteiger partial charge >= 0.3 is 0 Å². The predicted molar refractivity (Wildman–Crippen MR) is 118 cm³/mol. The summed E-state index contributed by atoms with van der Waals surface area (Å²) in [5.74, 6) is 0.444. The molecule has 1 saturated heterocycles. The lowest BCUT2D eigenvalue weighted by molar-refractivity contribution is -0.122. The van der Waals surface area contributed by atoms with Crippen molar-refractivity contribution in [2.75, 3.05) is 13.1 Å². The number of carbonyl (C=O) groups excluding carboxylic acids is 2. The Morgan fingerprint density at radius 2 is 1.94 bits per heavy atom. The number of nitrogens with zero attached hydrogens (tertiary/aromatic N) is 4. The Bertz CT molecular complexity index is 1280. The largest absolute Gasteiger partial charge is 0.347 e. The minimum Gasteiger partial charge on any atom is -0.347 e.